The van der Waals surface area contributed by atoms with Gasteiger partial charge in [0, 0.05) is 0 Å². The monoisotopic (exact) mass is 188 g/mol. The van der Waals surface area contributed by atoms with E-state index < -0.39 is 0 Å². The molecule has 0 fully saturated rings. The van der Waals surface area contributed by atoms with Crippen molar-refractivity contribution >= 4 is 27.4 Å². The molecule has 0 radical (unpaired) electrons. The van der Waals surface area contributed by atoms with Gasteiger partial charge in [0.2, 0.25) is 0 Å². The van der Waals surface area contributed by atoms with Gasteiger partial charge >= 0.3 is 0 Å². The average Bonchev–Trinajstić information content (AvgIpc) is 1.83. The van der Waals surface area contributed by atoms with E-state index in [0.29, 0.717) is 16.1 Å². The quantitative estimate of drug-likeness (QED) is 0.579. The van der Waals surface area contributed by atoms with E-state index in [0.717, 1.165) is 0 Å². The number of rotatable bonds is 0. The van der Waals surface area contributed by atoms with Gasteiger partial charge in [-0.1, -0.05) is 0 Å². The summed E-state index contributed by atoms with van der Waals surface area (Å²) < 4.78 is 0.537. The Balaban J connectivity index is 3.25. The Bertz CT molecular complexity index is 204. The highest BCUT2D eigenvalue weighted by Crippen LogP contribution is 2.18. The van der Waals surface area contributed by atoms with Crippen LogP contribution in [0.1, 0.15) is 0 Å². The van der Waals surface area contributed by atoms with Crippen LogP contribution in [0.4, 0.5) is 11.5 Å². The van der Waals surface area contributed by atoms with Gasteiger partial charge in [0.25, 0.3) is 0 Å². The van der Waals surface area contributed by atoms with Crippen molar-refractivity contribution in [3.63, 3.8) is 0 Å². The number of aromatic nitrogens is 2. The van der Waals surface area contributed by atoms with Gasteiger partial charge in [-0.15, -0.1) is 0 Å². The number of halogens is 1. The topological polar surface area (TPSA) is 77.8 Å². The Morgan fingerprint density at radius 2 is 2.00 bits per heavy atom. The minimum absolute atomic E-state index is 0.303. The molecule has 1 heterocycles. The van der Waals surface area contributed by atoms with Gasteiger partial charge in [-0.2, -0.15) is 0 Å². The molecule has 9 heavy (non-hydrogen) atoms. The predicted molar refractivity (Wildman–Crippen MR) is 38.6 cm³/mol. The summed E-state index contributed by atoms with van der Waals surface area (Å²) >= 11 is 3.09. The van der Waals surface area contributed by atoms with E-state index in [1.165, 1.54) is 6.33 Å². The molecule has 4 nitrogen and oxygen atoms in total. The molecule has 4 N–H and O–H groups in total. The van der Waals surface area contributed by atoms with Crippen molar-refractivity contribution in [2.24, 2.45) is 0 Å². The van der Waals surface area contributed by atoms with Crippen molar-refractivity contribution in [2.75, 3.05) is 11.5 Å². The lowest BCUT2D eigenvalue weighted by molar-refractivity contribution is 1.15. The number of nitrogens with zero attached hydrogens (tertiary/aromatic N) is 2. The van der Waals surface area contributed by atoms with Crippen LogP contribution >= 0.6 is 15.9 Å². The maximum atomic E-state index is 5.38. The highest BCUT2D eigenvalue weighted by molar-refractivity contribution is 9.10. The third kappa shape index (κ3) is 1.10. The smallest absolute Gasteiger partial charge is 0.151 e. The largest absolute Gasteiger partial charge is 0.394 e. The Hall–Kier alpha value is -0.840. The standard InChI is InChI=1S/C4H5BrN4/c5-3-2(6)4(7)9-1-8-3/h1H,6H2,(H2,7,8,9). The molecule has 0 bridgehead atoms. The molecule has 0 saturated heterocycles. The van der Waals surface area contributed by atoms with Gasteiger partial charge in [-0.25, -0.2) is 9.97 Å². The van der Waals surface area contributed by atoms with Gasteiger partial charge < -0.3 is 11.5 Å². The van der Waals surface area contributed by atoms with Gasteiger partial charge in [-0.3, -0.25) is 0 Å². The fourth-order valence-electron chi connectivity index (χ4n) is 0.387. The second-order valence-electron chi connectivity index (χ2n) is 1.46. The van der Waals surface area contributed by atoms with Crippen molar-refractivity contribution < 1.29 is 0 Å². The van der Waals surface area contributed by atoms with Crippen LogP contribution in [-0.4, -0.2) is 9.97 Å². The summed E-state index contributed by atoms with van der Waals surface area (Å²) in [6, 6.07) is 0. The zero-order valence-corrected chi connectivity index (χ0v) is 6.09. The van der Waals surface area contributed by atoms with Crippen molar-refractivity contribution in [1.82, 2.24) is 9.97 Å². The summed E-state index contributed by atoms with van der Waals surface area (Å²) in [4.78, 5) is 7.39. The Morgan fingerprint density at radius 1 is 1.33 bits per heavy atom. The summed E-state index contributed by atoms with van der Waals surface area (Å²) in [6.07, 6.45) is 1.34. The Morgan fingerprint density at radius 3 is 2.44 bits per heavy atom. The number of anilines is 2. The second-order valence-corrected chi connectivity index (χ2v) is 2.21. The first kappa shape index (κ1) is 6.28. The van der Waals surface area contributed by atoms with Crippen molar-refractivity contribution in [3.05, 3.63) is 10.9 Å². The molecule has 0 atom stereocenters. The highest BCUT2D eigenvalue weighted by atomic mass is 79.9. The van der Waals surface area contributed by atoms with E-state index in [-0.39, 0.29) is 0 Å². The van der Waals surface area contributed by atoms with Crippen molar-refractivity contribution in [1.29, 1.82) is 0 Å². The molecule has 48 valence electrons. The van der Waals surface area contributed by atoms with Crippen LogP contribution in [-0.2, 0) is 0 Å². The zero-order valence-electron chi connectivity index (χ0n) is 4.50. The molecule has 0 aromatic carbocycles. The molecule has 0 aliphatic carbocycles. The Kier molecular flexibility index (Phi) is 1.52. The zero-order chi connectivity index (χ0) is 6.85. The number of hydrogen-bond acceptors (Lipinski definition) is 4. The van der Waals surface area contributed by atoms with Gasteiger partial charge in [0.15, 0.2) is 5.82 Å². The molecule has 1 aromatic rings. The lowest BCUT2D eigenvalue weighted by Crippen LogP contribution is -1.99. The van der Waals surface area contributed by atoms with Crippen molar-refractivity contribution in [3.8, 4) is 0 Å². The van der Waals surface area contributed by atoms with Crippen LogP contribution in [0.3, 0.4) is 0 Å². The molecule has 1 rings (SSSR count). The normalized spacial score (nSPS) is 9.44. The van der Waals surface area contributed by atoms with Gasteiger partial charge in [0.05, 0.1) is 0 Å². The molecule has 0 unspecified atom stereocenters. The van der Waals surface area contributed by atoms with Crippen LogP contribution in [0.2, 0.25) is 0 Å². The summed E-state index contributed by atoms with van der Waals surface area (Å²) in [6.45, 7) is 0. The Labute approximate surface area is 60.4 Å². The van der Waals surface area contributed by atoms with Crippen LogP contribution < -0.4 is 11.5 Å². The van der Waals surface area contributed by atoms with Crippen molar-refractivity contribution in [2.45, 2.75) is 0 Å². The third-order valence-electron chi connectivity index (χ3n) is 0.866. The number of nitrogens with two attached hydrogens (primary N) is 2. The molecule has 0 aliphatic rings. The van der Waals surface area contributed by atoms with Crippen LogP contribution in [0, 0.1) is 0 Å². The fraction of sp³-hybridized carbons (Fsp3) is 0. The van der Waals surface area contributed by atoms with Crippen LogP contribution in [0.25, 0.3) is 0 Å². The van der Waals surface area contributed by atoms with E-state index >= 15 is 0 Å². The SMILES string of the molecule is Nc1ncnc(Br)c1N. The van der Waals surface area contributed by atoms with E-state index in [2.05, 4.69) is 25.9 Å². The first-order valence-corrected chi connectivity index (χ1v) is 3.02. The summed E-state index contributed by atoms with van der Waals surface area (Å²) in [5.41, 5.74) is 11.1. The summed E-state index contributed by atoms with van der Waals surface area (Å²) in [5.74, 6) is 0.303. The molecule has 0 spiro atoms. The second kappa shape index (κ2) is 2.18. The minimum Gasteiger partial charge on any atom is -0.394 e. The maximum Gasteiger partial charge on any atom is 0.151 e. The summed E-state index contributed by atoms with van der Waals surface area (Å²) in [5, 5.41) is 0. The molecular formula is C4H5BrN4. The average molecular weight is 189 g/mol. The first-order chi connectivity index (χ1) is 4.22. The number of hydrogen-bond donors (Lipinski definition) is 2. The van der Waals surface area contributed by atoms with Gasteiger partial charge in [0.1, 0.15) is 16.6 Å². The maximum absolute atomic E-state index is 5.38. The van der Waals surface area contributed by atoms with E-state index in [4.69, 9.17) is 11.5 Å². The first-order valence-electron chi connectivity index (χ1n) is 2.23. The van der Waals surface area contributed by atoms with Gasteiger partial charge in [-0.05, 0) is 15.9 Å². The molecule has 1 aromatic heterocycles. The highest BCUT2D eigenvalue weighted by Gasteiger charge is 1.98. The fourth-order valence-corrected chi connectivity index (χ4v) is 0.681. The van der Waals surface area contributed by atoms with Crippen LogP contribution in [0.5, 0.6) is 0 Å². The van der Waals surface area contributed by atoms with E-state index in [9.17, 15) is 0 Å². The molecule has 5 heteroatoms. The lowest BCUT2D eigenvalue weighted by Gasteiger charge is -1.96. The minimum atomic E-state index is 0.303. The third-order valence-corrected chi connectivity index (χ3v) is 1.50. The lowest BCUT2D eigenvalue weighted by atomic mass is 10.5. The molecule has 0 aliphatic heterocycles. The molecule has 0 saturated carbocycles. The molecular weight excluding hydrogens is 184 g/mol. The molecule has 0 amide bonds. The van der Waals surface area contributed by atoms with Crippen LogP contribution in [0.15, 0.2) is 10.9 Å². The predicted octanol–water partition coefficient (Wildman–Crippen LogP) is 0.404. The number of nitrogen functional groups attached to an aromatic ring is 2. The van der Waals surface area contributed by atoms with E-state index in [1.807, 2.05) is 0 Å². The summed E-state index contributed by atoms with van der Waals surface area (Å²) in [7, 11) is 0. The van der Waals surface area contributed by atoms with E-state index in [1.54, 1.807) is 0 Å².